The summed E-state index contributed by atoms with van der Waals surface area (Å²) in [6.45, 7) is 5.75. The van der Waals surface area contributed by atoms with Gasteiger partial charge >= 0.3 is 18.0 Å². The maximum absolute atomic E-state index is 12.4. The molecule has 1 aliphatic rings. The molecule has 1 heterocycles. The van der Waals surface area contributed by atoms with Crippen LogP contribution >= 0.6 is 0 Å². The number of rotatable bonds is 5. The molecule has 0 aliphatic carbocycles. The Kier molecular flexibility index (Phi) is 5.79. The zero-order valence-corrected chi connectivity index (χ0v) is 12.2. The first-order valence-electron chi connectivity index (χ1n) is 6.84. The van der Waals surface area contributed by atoms with Crippen LogP contribution in [0.5, 0.6) is 0 Å². The molecule has 1 atom stereocenters. The van der Waals surface area contributed by atoms with E-state index in [9.17, 15) is 14.4 Å². The molecular weight excluding hydrogens is 264 g/mol. The van der Waals surface area contributed by atoms with Crippen molar-refractivity contribution in [3.8, 4) is 0 Å². The van der Waals surface area contributed by atoms with Crippen molar-refractivity contribution in [2.75, 3.05) is 19.7 Å². The Balaban J connectivity index is 2.78. The molecular formula is C13H22N2O5. The van der Waals surface area contributed by atoms with Gasteiger partial charge in [0.05, 0.1) is 6.61 Å². The Bertz CT molecular complexity index is 383. The Morgan fingerprint density at radius 1 is 1.40 bits per heavy atom. The molecule has 0 radical (unpaired) electrons. The number of carboxylic acid groups (broad SMARTS) is 1. The molecule has 1 fully saturated rings. The van der Waals surface area contributed by atoms with Gasteiger partial charge in [-0.25, -0.2) is 9.59 Å². The summed E-state index contributed by atoms with van der Waals surface area (Å²) in [5, 5.41) is 9.12. The summed E-state index contributed by atoms with van der Waals surface area (Å²) in [6.07, 6.45) is 1.11. The molecule has 0 saturated carbocycles. The van der Waals surface area contributed by atoms with Crippen LogP contribution in [0.3, 0.4) is 0 Å². The first kappa shape index (κ1) is 16.3. The smallest absolute Gasteiger partial charge is 0.326 e. The van der Waals surface area contributed by atoms with E-state index in [4.69, 9.17) is 9.84 Å². The summed E-state index contributed by atoms with van der Waals surface area (Å²) < 4.78 is 4.84. The number of esters is 1. The SMILES string of the molecule is CCOC(=O)CN(C(=O)N1CCC[C@@H]1C(=O)O)C(C)C. The summed E-state index contributed by atoms with van der Waals surface area (Å²) in [7, 11) is 0. The number of ether oxygens (including phenoxy) is 1. The number of amides is 2. The number of aliphatic carboxylic acids is 1. The van der Waals surface area contributed by atoms with Gasteiger partial charge in [0.2, 0.25) is 0 Å². The van der Waals surface area contributed by atoms with Gasteiger partial charge in [0, 0.05) is 12.6 Å². The van der Waals surface area contributed by atoms with Crippen molar-refractivity contribution in [2.24, 2.45) is 0 Å². The van der Waals surface area contributed by atoms with Crippen molar-refractivity contribution in [3.63, 3.8) is 0 Å². The highest BCUT2D eigenvalue weighted by Gasteiger charge is 2.37. The van der Waals surface area contributed by atoms with Crippen LogP contribution in [0.25, 0.3) is 0 Å². The number of urea groups is 1. The second-order valence-electron chi connectivity index (χ2n) is 5.00. The first-order valence-corrected chi connectivity index (χ1v) is 6.84. The summed E-state index contributed by atoms with van der Waals surface area (Å²) in [5.74, 6) is -1.49. The predicted octanol–water partition coefficient (Wildman–Crippen LogP) is 0.929. The third kappa shape index (κ3) is 3.85. The molecule has 2 amide bonds. The minimum absolute atomic E-state index is 0.160. The van der Waals surface area contributed by atoms with Gasteiger partial charge in [-0.15, -0.1) is 0 Å². The predicted molar refractivity (Wildman–Crippen MR) is 71.2 cm³/mol. The number of nitrogens with zero attached hydrogens (tertiary/aromatic N) is 2. The van der Waals surface area contributed by atoms with Crippen LogP contribution in [0.15, 0.2) is 0 Å². The van der Waals surface area contributed by atoms with Crippen LogP contribution in [-0.2, 0) is 14.3 Å². The molecule has 0 aromatic rings. The number of likely N-dealkylation sites (tertiary alicyclic amines) is 1. The van der Waals surface area contributed by atoms with E-state index in [0.29, 0.717) is 19.4 Å². The van der Waals surface area contributed by atoms with Gasteiger partial charge in [-0.3, -0.25) is 4.79 Å². The van der Waals surface area contributed by atoms with Crippen LogP contribution in [0.4, 0.5) is 4.79 Å². The van der Waals surface area contributed by atoms with Crippen molar-refractivity contribution in [3.05, 3.63) is 0 Å². The molecule has 0 spiro atoms. The normalized spacial score (nSPS) is 18.2. The van der Waals surface area contributed by atoms with Gasteiger partial charge < -0.3 is 19.6 Å². The fourth-order valence-corrected chi connectivity index (χ4v) is 2.23. The standard InChI is InChI=1S/C13H22N2O5/c1-4-20-11(16)8-15(9(2)3)13(19)14-7-5-6-10(14)12(17)18/h9-10H,4-8H2,1-3H3,(H,17,18)/t10-/m1/s1. The number of hydrogen-bond acceptors (Lipinski definition) is 4. The third-order valence-corrected chi connectivity index (χ3v) is 3.26. The lowest BCUT2D eigenvalue weighted by Crippen LogP contribution is -2.51. The highest BCUT2D eigenvalue weighted by Crippen LogP contribution is 2.20. The zero-order valence-electron chi connectivity index (χ0n) is 12.2. The van der Waals surface area contributed by atoms with Crippen LogP contribution in [0, 0.1) is 0 Å². The Morgan fingerprint density at radius 3 is 2.55 bits per heavy atom. The average molecular weight is 286 g/mol. The number of hydrogen-bond donors (Lipinski definition) is 1. The summed E-state index contributed by atoms with van der Waals surface area (Å²) in [6, 6.07) is -1.43. The van der Waals surface area contributed by atoms with Crippen molar-refractivity contribution in [1.82, 2.24) is 9.80 Å². The molecule has 1 N–H and O–H groups in total. The number of carbonyl (C=O) groups excluding carboxylic acids is 2. The van der Waals surface area contributed by atoms with Crippen molar-refractivity contribution in [1.29, 1.82) is 0 Å². The molecule has 20 heavy (non-hydrogen) atoms. The quantitative estimate of drug-likeness (QED) is 0.760. The minimum Gasteiger partial charge on any atom is -0.480 e. The van der Waals surface area contributed by atoms with E-state index in [2.05, 4.69) is 0 Å². The van der Waals surface area contributed by atoms with Crippen LogP contribution in [-0.4, -0.2) is 64.7 Å². The molecule has 0 aromatic heterocycles. The summed E-state index contributed by atoms with van der Waals surface area (Å²) in [5.41, 5.74) is 0. The fourth-order valence-electron chi connectivity index (χ4n) is 2.23. The largest absolute Gasteiger partial charge is 0.480 e. The Morgan fingerprint density at radius 2 is 2.05 bits per heavy atom. The molecule has 7 nitrogen and oxygen atoms in total. The van der Waals surface area contributed by atoms with Crippen LogP contribution in [0.1, 0.15) is 33.6 Å². The minimum atomic E-state index is -1.00. The molecule has 0 unspecified atom stereocenters. The van der Waals surface area contributed by atoms with E-state index in [0.717, 1.165) is 0 Å². The van der Waals surface area contributed by atoms with Crippen LogP contribution < -0.4 is 0 Å². The lowest BCUT2D eigenvalue weighted by atomic mass is 10.2. The maximum atomic E-state index is 12.4. The lowest BCUT2D eigenvalue weighted by molar-refractivity contribution is -0.144. The van der Waals surface area contributed by atoms with E-state index in [1.807, 2.05) is 0 Å². The molecule has 0 bridgehead atoms. The highest BCUT2D eigenvalue weighted by atomic mass is 16.5. The first-order chi connectivity index (χ1) is 9.38. The third-order valence-electron chi connectivity index (χ3n) is 3.26. The molecule has 1 rings (SSSR count). The van der Waals surface area contributed by atoms with Gasteiger partial charge in [-0.1, -0.05) is 0 Å². The van der Waals surface area contributed by atoms with E-state index in [1.165, 1.54) is 9.80 Å². The van der Waals surface area contributed by atoms with E-state index in [1.54, 1.807) is 20.8 Å². The molecule has 1 saturated heterocycles. The van der Waals surface area contributed by atoms with E-state index < -0.39 is 24.0 Å². The Labute approximate surface area is 118 Å². The van der Waals surface area contributed by atoms with Crippen molar-refractivity contribution < 1.29 is 24.2 Å². The van der Waals surface area contributed by atoms with Crippen molar-refractivity contribution >= 4 is 18.0 Å². The zero-order chi connectivity index (χ0) is 15.3. The average Bonchev–Trinajstić information content (AvgIpc) is 2.84. The highest BCUT2D eigenvalue weighted by molar-refractivity contribution is 5.86. The van der Waals surface area contributed by atoms with Gasteiger partial charge in [-0.2, -0.15) is 0 Å². The van der Waals surface area contributed by atoms with Gasteiger partial charge in [0.1, 0.15) is 12.6 Å². The fraction of sp³-hybridized carbons (Fsp3) is 0.769. The Hall–Kier alpha value is -1.79. The lowest BCUT2D eigenvalue weighted by Gasteiger charge is -2.32. The molecule has 114 valence electrons. The molecule has 7 heteroatoms. The summed E-state index contributed by atoms with van der Waals surface area (Å²) in [4.78, 5) is 37.8. The number of carbonyl (C=O) groups is 3. The molecule has 0 aromatic carbocycles. The maximum Gasteiger partial charge on any atom is 0.326 e. The summed E-state index contributed by atoms with van der Waals surface area (Å²) >= 11 is 0. The van der Waals surface area contributed by atoms with E-state index in [-0.39, 0.29) is 19.2 Å². The number of carboxylic acids is 1. The van der Waals surface area contributed by atoms with Gasteiger partial charge in [-0.05, 0) is 33.6 Å². The van der Waals surface area contributed by atoms with Gasteiger partial charge in [0.15, 0.2) is 0 Å². The van der Waals surface area contributed by atoms with E-state index >= 15 is 0 Å². The molecule has 1 aliphatic heterocycles. The topological polar surface area (TPSA) is 87.2 Å². The van der Waals surface area contributed by atoms with Crippen molar-refractivity contribution in [2.45, 2.75) is 45.7 Å². The monoisotopic (exact) mass is 286 g/mol. The second-order valence-corrected chi connectivity index (χ2v) is 5.00. The van der Waals surface area contributed by atoms with Gasteiger partial charge in [0.25, 0.3) is 0 Å². The second kappa shape index (κ2) is 7.12. The van der Waals surface area contributed by atoms with Crippen LogP contribution in [0.2, 0.25) is 0 Å².